The van der Waals surface area contributed by atoms with E-state index in [4.69, 9.17) is 0 Å². The molecule has 0 radical (unpaired) electrons. The third kappa shape index (κ3) is 4.92. The Bertz CT molecular complexity index is 434. The van der Waals surface area contributed by atoms with Crippen LogP contribution in [0, 0.1) is 10.1 Å². The number of aliphatic hydroxyl groups is 1. The maximum atomic E-state index is 11.5. The van der Waals surface area contributed by atoms with Crippen LogP contribution >= 0.6 is 0 Å². The topological polar surface area (TPSA) is 92.5 Å². The molecule has 6 nitrogen and oxygen atoms in total. The zero-order valence-corrected chi connectivity index (χ0v) is 10.3. The minimum absolute atomic E-state index is 0.00403. The molecule has 1 rings (SSSR count). The zero-order chi connectivity index (χ0) is 13.8. The Morgan fingerprint density at radius 2 is 1.94 bits per heavy atom. The first kappa shape index (κ1) is 14.1. The molecule has 0 saturated carbocycles. The van der Waals surface area contributed by atoms with Gasteiger partial charge in [-0.3, -0.25) is 14.9 Å². The third-order valence-corrected chi connectivity index (χ3v) is 2.23. The van der Waals surface area contributed by atoms with Gasteiger partial charge in [0.2, 0.25) is 5.91 Å². The highest BCUT2D eigenvalue weighted by Gasteiger charge is 2.14. The molecule has 0 heterocycles. The van der Waals surface area contributed by atoms with Crippen molar-refractivity contribution < 1.29 is 14.8 Å². The van der Waals surface area contributed by atoms with Gasteiger partial charge in [0.25, 0.3) is 5.69 Å². The van der Waals surface area contributed by atoms with E-state index < -0.39 is 10.5 Å². The van der Waals surface area contributed by atoms with E-state index in [1.54, 1.807) is 26.0 Å². The van der Waals surface area contributed by atoms with Gasteiger partial charge >= 0.3 is 0 Å². The fourth-order valence-electron chi connectivity index (χ4n) is 1.30. The van der Waals surface area contributed by atoms with Crippen LogP contribution in [0.4, 0.5) is 5.69 Å². The number of hydrogen-bond donors (Lipinski definition) is 2. The van der Waals surface area contributed by atoms with Crippen LogP contribution in [0.2, 0.25) is 0 Å². The Kier molecular flexibility index (Phi) is 4.38. The lowest BCUT2D eigenvalue weighted by molar-refractivity contribution is -0.384. The number of nitrogens with zero attached hydrogens (tertiary/aromatic N) is 1. The van der Waals surface area contributed by atoms with Crippen LogP contribution in [0.25, 0.3) is 0 Å². The van der Waals surface area contributed by atoms with Gasteiger partial charge in [-0.2, -0.15) is 0 Å². The summed E-state index contributed by atoms with van der Waals surface area (Å²) in [4.78, 5) is 21.5. The average molecular weight is 252 g/mol. The van der Waals surface area contributed by atoms with E-state index in [-0.39, 0.29) is 24.6 Å². The molecular weight excluding hydrogens is 236 g/mol. The maximum absolute atomic E-state index is 11.5. The van der Waals surface area contributed by atoms with Crippen LogP contribution in [-0.2, 0) is 11.2 Å². The van der Waals surface area contributed by atoms with Crippen LogP contribution in [0.1, 0.15) is 19.4 Å². The number of amides is 1. The lowest BCUT2D eigenvalue weighted by atomic mass is 10.1. The molecule has 0 spiro atoms. The average Bonchev–Trinajstić information content (AvgIpc) is 2.26. The first-order valence-corrected chi connectivity index (χ1v) is 5.50. The molecule has 0 aliphatic rings. The predicted molar refractivity (Wildman–Crippen MR) is 66.1 cm³/mol. The highest BCUT2D eigenvalue weighted by molar-refractivity contribution is 5.78. The molecule has 2 N–H and O–H groups in total. The maximum Gasteiger partial charge on any atom is 0.269 e. The molecule has 0 bridgehead atoms. The van der Waals surface area contributed by atoms with Gasteiger partial charge in [0.15, 0.2) is 0 Å². The van der Waals surface area contributed by atoms with Gasteiger partial charge in [-0.1, -0.05) is 12.1 Å². The van der Waals surface area contributed by atoms with Crippen molar-refractivity contribution in [2.75, 3.05) is 6.54 Å². The second kappa shape index (κ2) is 5.59. The Morgan fingerprint density at radius 1 is 1.39 bits per heavy atom. The predicted octanol–water partition coefficient (Wildman–Crippen LogP) is 1.02. The van der Waals surface area contributed by atoms with Crippen LogP contribution in [0.3, 0.4) is 0 Å². The minimum atomic E-state index is -0.953. The minimum Gasteiger partial charge on any atom is -0.389 e. The first-order chi connectivity index (χ1) is 8.28. The fraction of sp³-hybridized carbons (Fsp3) is 0.417. The number of nitro groups is 1. The number of nitrogens with one attached hydrogen (secondary N) is 1. The van der Waals surface area contributed by atoms with Gasteiger partial charge in [0.1, 0.15) is 0 Å². The van der Waals surface area contributed by atoms with Crippen molar-refractivity contribution in [1.82, 2.24) is 5.32 Å². The second-order valence-corrected chi connectivity index (χ2v) is 4.69. The molecule has 98 valence electrons. The SMILES string of the molecule is CC(C)(O)CNC(=O)Cc1ccc([N+](=O)[O-])cc1. The number of nitro benzene ring substituents is 1. The highest BCUT2D eigenvalue weighted by Crippen LogP contribution is 2.12. The van der Waals surface area contributed by atoms with Crippen molar-refractivity contribution in [2.45, 2.75) is 25.9 Å². The van der Waals surface area contributed by atoms with E-state index in [2.05, 4.69) is 5.32 Å². The number of hydrogen-bond acceptors (Lipinski definition) is 4. The zero-order valence-electron chi connectivity index (χ0n) is 10.3. The van der Waals surface area contributed by atoms with Crippen molar-refractivity contribution in [3.8, 4) is 0 Å². The summed E-state index contributed by atoms with van der Waals surface area (Å²) in [6.45, 7) is 3.36. The lowest BCUT2D eigenvalue weighted by Crippen LogP contribution is -2.38. The van der Waals surface area contributed by atoms with Gasteiger partial charge in [-0.05, 0) is 19.4 Å². The van der Waals surface area contributed by atoms with E-state index in [1.807, 2.05) is 0 Å². The molecule has 0 aliphatic carbocycles. The Morgan fingerprint density at radius 3 is 2.39 bits per heavy atom. The van der Waals surface area contributed by atoms with Crippen LogP contribution in [0.5, 0.6) is 0 Å². The Balaban J connectivity index is 2.52. The molecule has 0 aliphatic heterocycles. The summed E-state index contributed by atoms with van der Waals surface area (Å²) in [5.74, 6) is -0.231. The van der Waals surface area contributed by atoms with Gasteiger partial charge in [0, 0.05) is 18.7 Å². The van der Waals surface area contributed by atoms with Crippen molar-refractivity contribution in [3.05, 3.63) is 39.9 Å². The molecule has 6 heteroatoms. The van der Waals surface area contributed by atoms with Crippen molar-refractivity contribution >= 4 is 11.6 Å². The Hall–Kier alpha value is -1.95. The smallest absolute Gasteiger partial charge is 0.269 e. The van der Waals surface area contributed by atoms with E-state index in [0.717, 1.165) is 0 Å². The van der Waals surface area contributed by atoms with E-state index in [0.29, 0.717) is 5.56 Å². The largest absolute Gasteiger partial charge is 0.389 e. The lowest BCUT2D eigenvalue weighted by Gasteiger charge is -2.17. The standard InChI is InChI=1S/C12H16N2O4/c1-12(2,16)8-13-11(15)7-9-3-5-10(6-4-9)14(17)18/h3-6,16H,7-8H2,1-2H3,(H,13,15). The summed E-state index contributed by atoms with van der Waals surface area (Å²) in [6, 6.07) is 5.81. The second-order valence-electron chi connectivity index (χ2n) is 4.69. The molecule has 1 amide bonds. The molecule has 0 saturated heterocycles. The number of carbonyl (C=O) groups excluding carboxylic acids is 1. The number of non-ortho nitro benzene ring substituents is 1. The Labute approximate surface area is 105 Å². The monoisotopic (exact) mass is 252 g/mol. The summed E-state index contributed by atoms with van der Waals surface area (Å²) in [6.07, 6.45) is 0.133. The van der Waals surface area contributed by atoms with E-state index >= 15 is 0 Å². The van der Waals surface area contributed by atoms with E-state index in [9.17, 15) is 20.0 Å². The summed E-state index contributed by atoms with van der Waals surface area (Å²) in [7, 11) is 0. The highest BCUT2D eigenvalue weighted by atomic mass is 16.6. The summed E-state index contributed by atoms with van der Waals surface area (Å²) in [5.41, 5.74) is -0.269. The van der Waals surface area contributed by atoms with Gasteiger partial charge < -0.3 is 10.4 Å². The third-order valence-electron chi connectivity index (χ3n) is 2.23. The summed E-state index contributed by atoms with van der Waals surface area (Å²) < 4.78 is 0. The van der Waals surface area contributed by atoms with Crippen molar-refractivity contribution in [2.24, 2.45) is 0 Å². The van der Waals surface area contributed by atoms with Crippen molar-refractivity contribution in [1.29, 1.82) is 0 Å². The van der Waals surface area contributed by atoms with Crippen LogP contribution in [-0.4, -0.2) is 28.1 Å². The molecular formula is C12H16N2O4. The summed E-state index contributed by atoms with van der Waals surface area (Å²) in [5, 5.41) is 22.5. The molecule has 0 aromatic heterocycles. The summed E-state index contributed by atoms with van der Waals surface area (Å²) >= 11 is 0. The van der Waals surface area contributed by atoms with Crippen molar-refractivity contribution in [3.63, 3.8) is 0 Å². The molecule has 0 atom stereocenters. The quantitative estimate of drug-likeness (QED) is 0.604. The number of rotatable bonds is 5. The molecule has 0 unspecified atom stereocenters. The number of carbonyl (C=O) groups is 1. The molecule has 1 aromatic carbocycles. The van der Waals surface area contributed by atoms with Crippen LogP contribution in [0.15, 0.2) is 24.3 Å². The molecule has 18 heavy (non-hydrogen) atoms. The van der Waals surface area contributed by atoms with Gasteiger partial charge in [-0.15, -0.1) is 0 Å². The molecule has 1 aromatic rings. The van der Waals surface area contributed by atoms with E-state index in [1.165, 1.54) is 12.1 Å². The molecule has 0 fully saturated rings. The first-order valence-electron chi connectivity index (χ1n) is 5.50. The normalized spacial score (nSPS) is 11.1. The fourth-order valence-corrected chi connectivity index (χ4v) is 1.30. The van der Waals surface area contributed by atoms with Gasteiger partial charge in [-0.25, -0.2) is 0 Å². The van der Waals surface area contributed by atoms with Crippen LogP contribution < -0.4 is 5.32 Å². The van der Waals surface area contributed by atoms with Gasteiger partial charge in [0.05, 0.1) is 16.9 Å². The number of benzene rings is 1.